The molecule has 0 saturated heterocycles. The number of carbonyl (C=O) groups is 1. The molecular formula is C15H14N4O3S. The van der Waals surface area contributed by atoms with E-state index in [0.29, 0.717) is 16.0 Å². The van der Waals surface area contributed by atoms with Crippen molar-refractivity contribution < 1.29 is 9.53 Å². The number of fused-ring (bicyclic) bond motifs is 1. The third-order valence-electron chi connectivity index (χ3n) is 3.50. The highest BCUT2D eigenvalue weighted by Crippen LogP contribution is 2.27. The monoisotopic (exact) mass is 330 g/mol. The van der Waals surface area contributed by atoms with E-state index in [1.165, 1.54) is 29.9 Å². The van der Waals surface area contributed by atoms with Crippen LogP contribution >= 0.6 is 11.3 Å². The van der Waals surface area contributed by atoms with Gasteiger partial charge in [0, 0.05) is 17.3 Å². The zero-order valence-electron chi connectivity index (χ0n) is 12.8. The molecule has 0 aliphatic carbocycles. The van der Waals surface area contributed by atoms with E-state index in [1.807, 2.05) is 13.8 Å². The van der Waals surface area contributed by atoms with E-state index in [0.717, 1.165) is 10.4 Å². The second kappa shape index (κ2) is 5.88. The van der Waals surface area contributed by atoms with E-state index in [4.69, 9.17) is 4.74 Å². The van der Waals surface area contributed by atoms with Gasteiger partial charge in [0.05, 0.1) is 11.6 Å². The normalized spacial score (nSPS) is 12.3. The van der Waals surface area contributed by atoms with Crippen LogP contribution in [0.3, 0.4) is 0 Å². The summed E-state index contributed by atoms with van der Waals surface area (Å²) in [6.45, 7) is 5.48. The van der Waals surface area contributed by atoms with Gasteiger partial charge in [0.2, 0.25) is 0 Å². The van der Waals surface area contributed by atoms with Gasteiger partial charge in [-0.05, 0) is 26.3 Å². The quantitative estimate of drug-likeness (QED) is 0.740. The van der Waals surface area contributed by atoms with Crippen LogP contribution in [0.4, 0.5) is 0 Å². The molecule has 0 aliphatic rings. The number of H-pyrrole nitrogens is 1. The summed E-state index contributed by atoms with van der Waals surface area (Å²) < 4.78 is 5.29. The number of carbonyl (C=O) groups excluding carboxylic acids is 1. The van der Waals surface area contributed by atoms with Crippen molar-refractivity contribution in [1.29, 1.82) is 0 Å². The molecule has 7 nitrogen and oxygen atoms in total. The van der Waals surface area contributed by atoms with Crippen LogP contribution in [-0.2, 0) is 4.74 Å². The number of nitrogens with one attached hydrogen (secondary N) is 1. The summed E-state index contributed by atoms with van der Waals surface area (Å²) in [5.41, 5.74) is 0.800. The molecule has 0 unspecified atom stereocenters. The number of thiophene rings is 1. The fraction of sp³-hybridized carbons (Fsp3) is 0.267. The lowest BCUT2D eigenvalue weighted by molar-refractivity contribution is 0.0312. The minimum absolute atomic E-state index is 0.102. The zero-order valence-corrected chi connectivity index (χ0v) is 13.6. The molecule has 8 heteroatoms. The molecule has 1 N–H and O–H groups in total. The molecule has 0 saturated carbocycles. The number of aryl methyl sites for hydroxylation is 2. The van der Waals surface area contributed by atoms with Gasteiger partial charge in [-0.25, -0.2) is 14.8 Å². The number of hydrogen-bond donors (Lipinski definition) is 1. The number of esters is 1. The van der Waals surface area contributed by atoms with Crippen LogP contribution in [0, 0.1) is 13.8 Å². The van der Waals surface area contributed by atoms with Crippen molar-refractivity contribution in [3.63, 3.8) is 0 Å². The van der Waals surface area contributed by atoms with E-state index < -0.39 is 12.1 Å². The Balaban J connectivity index is 1.91. The molecule has 3 rings (SSSR count). The van der Waals surface area contributed by atoms with Crippen molar-refractivity contribution in [2.45, 2.75) is 26.9 Å². The van der Waals surface area contributed by atoms with Crippen LogP contribution in [0.5, 0.6) is 0 Å². The van der Waals surface area contributed by atoms with Crippen molar-refractivity contribution >= 4 is 27.5 Å². The van der Waals surface area contributed by atoms with Gasteiger partial charge in [0.15, 0.2) is 17.6 Å². The summed E-state index contributed by atoms with van der Waals surface area (Å²) in [7, 11) is 0. The van der Waals surface area contributed by atoms with Crippen LogP contribution in [0.25, 0.3) is 10.2 Å². The highest BCUT2D eigenvalue weighted by molar-refractivity contribution is 7.18. The molecule has 0 fully saturated rings. The topological polar surface area (TPSA) is 97.8 Å². The fourth-order valence-corrected chi connectivity index (χ4v) is 3.18. The van der Waals surface area contributed by atoms with Crippen LogP contribution in [0.1, 0.15) is 39.8 Å². The van der Waals surface area contributed by atoms with Crippen LogP contribution in [0.2, 0.25) is 0 Å². The number of rotatable bonds is 3. The van der Waals surface area contributed by atoms with Gasteiger partial charge in [-0.15, -0.1) is 11.3 Å². The summed E-state index contributed by atoms with van der Waals surface area (Å²) >= 11 is 1.45. The molecule has 3 aromatic rings. The highest BCUT2D eigenvalue weighted by atomic mass is 32.1. The molecular weight excluding hydrogens is 316 g/mol. The van der Waals surface area contributed by atoms with Gasteiger partial charge in [-0.1, -0.05) is 0 Å². The van der Waals surface area contributed by atoms with Gasteiger partial charge in [-0.3, -0.25) is 9.78 Å². The standard InChI is InChI=1S/C15H14N4O3S/c1-7-9(3)23-14-11(7)13(20)18-12(19-14)8(2)22-15(21)10-6-16-4-5-17-10/h4-6,8H,1-3H3,(H,18,19,20)/t8-/m0/s1. The molecule has 3 aromatic heterocycles. The maximum absolute atomic E-state index is 12.2. The van der Waals surface area contributed by atoms with Gasteiger partial charge in [-0.2, -0.15) is 0 Å². The third kappa shape index (κ3) is 2.85. The average molecular weight is 330 g/mol. The maximum atomic E-state index is 12.2. The van der Waals surface area contributed by atoms with Crippen molar-refractivity contribution in [3.8, 4) is 0 Å². The summed E-state index contributed by atoms with van der Waals surface area (Å²) in [5.74, 6) is -0.312. The lowest BCUT2D eigenvalue weighted by atomic mass is 10.2. The fourth-order valence-electron chi connectivity index (χ4n) is 2.15. The van der Waals surface area contributed by atoms with Gasteiger partial charge < -0.3 is 9.72 Å². The molecule has 0 radical (unpaired) electrons. The van der Waals surface area contributed by atoms with Crippen LogP contribution in [-0.4, -0.2) is 25.9 Å². The lowest BCUT2D eigenvalue weighted by Gasteiger charge is -2.11. The van der Waals surface area contributed by atoms with Crippen LogP contribution in [0.15, 0.2) is 23.4 Å². The average Bonchev–Trinajstić information content (AvgIpc) is 2.83. The summed E-state index contributed by atoms with van der Waals surface area (Å²) in [5, 5.41) is 0.587. The Kier molecular flexibility index (Phi) is 3.91. The number of nitrogens with zero attached hydrogens (tertiary/aromatic N) is 3. The number of aromatic amines is 1. The van der Waals surface area contributed by atoms with Crippen molar-refractivity contribution in [2.24, 2.45) is 0 Å². The minimum Gasteiger partial charge on any atom is -0.450 e. The molecule has 0 amide bonds. The maximum Gasteiger partial charge on any atom is 0.359 e. The lowest BCUT2D eigenvalue weighted by Crippen LogP contribution is -2.17. The van der Waals surface area contributed by atoms with Crippen LogP contribution < -0.4 is 5.56 Å². The minimum atomic E-state index is -0.704. The second-order valence-corrected chi connectivity index (χ2v) is 6.26. The Bertz CT molecular complexity index is 933. The largest absolute Gasteiger partial charge is 0.450 e. The molecule has 0 spiro atoms. The van der Waals surface area contributed by atoms with E-state index in [2.05, 4.69) is 19.9 Å². The second-order valence-electron chi connectivity index (χ2n) is 5.05. The smallest absolute Gasteiger partial charge is 0.359 e. The molecule has 0 aliphatic heterocycles. The molecule has 3 heterocycles. The van der Waals surface area contributed by atoms with Crippen molar-refractivity contribution in [1.82, 2.24) is 19.9 Å². The number of aromatic nitrogens is 4. The highest BCUT2D eigenvalue weighted by Gasteiger charge is 2.19. The number of ether oxygens (including phenoxy) is 1. The Labute approximate surface area is 135 Å². The Morgan fingerprint density at radius 2 is 2.13 bits per heavy atom. The predicted molar refractivity (Wildman–Crippen MR) is 85.6 cm³/mol. The Morgan fingerprint density at radius 1 is 1.35 bits per heavy atom. The van der Waals surface area contributed by atoms with Crippen molar-refractivity contribution in [2.75, 3.05) is 0 Å². The van der Waals surface area contributed by atoms with Gasteiger partial charge in [0.25, 0.3) is 5.56 Å². The SMILES string of the molecule is Cc1sc2nc([C@H](C)OC(=O)c3cnccn3)[nH]c(=O)c2c1C. The predicted octanol–water partition coefficient (Wildman–Crippen LogP) is 2.31. The summed E-state index contributed by atoms with van der Waals surface area (Å²) in [6, 6.07) is 0. The van der Waals surface area contributed by atoms with E-state index in [9.17, 15) is 9.59 Å². The summed E-state index contributed by atoms with van der Waals surface area (Å²) in [6.07, 6.45) is 3.49. The molecule has 1 atom stereocenters. The Morgan fingerprint density at radius 3 is 2.83 bits per heavy atom. The first-order valence-corrected chi connectivity index (χ1v) is 7.76. The van der Waals surface area contributed by atoms with E-state index in [1.54, 1.807) is 6.92 Å². The molecule has 23 heavy (non-hydrogen) atoms. The molecule has 0 bridgehead atoms. The molecule has 0 aromatic carbocycles. The van der Waals surface area contributed by atoms with Gasteiger partial charge in [0.1, 0.15) is 4.83 Å². The van der Waals surface area contributed by atoms with Crippen molar-refractivity contribution in [3.05, 3.63) is 50.9 Å². The Hall–Kier alpha value is -2.61. The third-order valence-corrected chi connectivity index (χ3v) is 4.60. The zero-order chi connectivity index (χ0) is 16.6. The first-order chi connectivity index (χ1) is 11.0. The van der Waals surface area contributed by atoms with Gasteiger partial charge >= 0.3 is 5.97 Å². The summed E-state index contributed by atoms with van der Waals surface area (Å²) in [4.78, 5) is 40.7. The van der Waals surface area contributed by atoms with E-state index >= 15 is 0 Å². The first kappa shape index (κ1) is 15.3. The molecule has 118 valence electrons. The first-order valence-electron chi connectivity index (χ1n) is 6.94. The van der Waals surface area contributed by atoms with E-state index in [-0.39, 0.29) is 11.3 Å². The number of hydrogen-bond acceptors (Lipinski definition) is 7.